The summed E-state index contributed by atoms with van der Waals surface area (Å²) in [4.78, 5) is 8.98. The number of ether oxygens (including phenoxy) is 2. The van der Waals surface area contributed by atoms with Gasteiger partial charge in [-0.3, -0.25) is 9.97 Å². The molecule has 4 aromatic rings. The van der Waals surface area contributed by atoms with Crippen LogP contribution in [0.4, 0.5) is 0 Å². The first-order chi connectivity index (χ1) is 14.6. The molecule has 0 aliphatic rings. The molecule has 10 heteroatoms. The molecule has 0 aliphatic carbocycles. The standard InChI is InChI=1S/C24H20N2O4.3ClH.Mn/c1-29-21-7-3-5-19(27)23(21)15-9-11-17(25-13-15)18-12-10-16(14-26-18)24-20(28)6-4-8-22(24)30-2;;;;/h3-14,27-28H,1-2H3;3*1H;/q;;;;+3/p-3. The van der Waals surface area contributed by atoms with Gasteiger partial charge in [0.2, 0.25) is 0 Å². The van der Waals surface area contributed by atoms with Crippen LogP contribution in [0.2, 0.25) is 0 Å². The van der Waals surface area contributed by atoms with Crippen molar-refractivity contribution in [1.29, 1.82) is 0 Å². The molecule has 4 rings (SSSR count). The van der Waals surface area contributed by atoms with Crippen molar-refractivity contribution < 1.29 is 74.0 Å². The number of phenols is 2. The number of hydrogen-bond acceptors (Lipinski definition) is 6. The maximum absolute atomic E-state index is 10.2. The van der Waals surface area contributed by atoms with Crippen LogP contribution in [0.15, 0.2) is 73.1 Å². The van der Waals surface area contributed by atoms with Crippen LogP contribution in [0.5, 0.6) is 23.0 Å². The van der Waals surface area contributed by atoms with Crippen molar-refractivity contribution in [3.05, 3.63) is 73.1 Å². The van der Waals surface area contributed by atoms with E-state index in [1.54, 1.807) is 63.0 Å². The number of halogens is 3. The molecule has 2 aromatic carbocycles. The van der Waals surface area contributed by atoms with Gasteiger partial charge in [0, 0.05) is 23.5 Å². The molecule has 0 atom stereocenters. The number of aromatic nitrogens is 2. The van der Waals surface area contributed by atoms with Gasteiger partial charge in [0.15, 0.2) is 0 Å². The molecule has 178 valence electrons. The van der Waals surface area contributed by atoms with Crippen molar-refractivity contribution in [2.75, 3.05) is 14.2 Å². The van der Waals surface area contributed by atoms with E-state index in [2.05, 4.69) is 9.97 Å². The summed E-state index contributed by atoms with van der Waals surface area (Å²) in [5, 5.41) is 20.4. The fourth-order valence-corrected chi connectivity index (χ4v) is 3.35. The van der Waals surface area contributed by atoms with Crippen molar-refractivity contribution in [3.63, 3.8) is 0 Å². The Labute approximate surface area is 227 Å². The number of rotatable bonds is 5. The maximum atomic E-state index is 10.2. The number of aromatic hydroxyl groups is 2. The van der Waals surface area contributed by atoms with Crippen molar-refractivity contribution >= 4 is 0 Å². The fraction of sp³-hybridized carbons (Fsp3) is 0.0833. The first-order valence-corrected chi connectivity index (χ1v) is 9.27. The van der Waals surface area contributed by atoms with Crippen LogP contribution < -0.4 is 46.7 Å². The van der Waals surface area contributed by atoms with Crippen molar-refractivity contribution in [3.8, 4) is 56.6 Å². The van der Waals surface area contributed by atoms with E-state index in [1.165, 1.54) is 0 Å². The van der Waals surface area contributed by atoms with Gasteiger partial charge in [-0.05, 0) is 36.4 Å². The van der Waals surface area contributed by atoms with Gasteiger partial charge in [0.05, 0.1) is 36.7 Å². The molecule has 0 unspecified atom stereocenters. The average Bonchev–Trinajstić information content (AvgIpc) is 2.79. The Bertz CT molecular complexity index is 1100. The molecule has 2 aromatic heterocycles. The van der Waals surface area contributed by atoms with Crippen LogP contribution in [-0.2, 0) is 17.1 Å². The van der Waals surface area contributed by atoms with Gasteiger partial charge < -0.3 is 56.9 Å². The number of nitrogens with zero attached hydrogens (tertiary/aromatic N) is 2. The van der Waals surface area contributed by atoms with Gasteiger partial charge in [0.1, 0.15) is 23.0 Å². The maximum Gasteiger partial charge on any atom is 3.00 e. The van der Waals surface area contributed by atoms with E-state index in [-0.39, 0.29) is 65.8 Å². The van der Waals surface area contributed by atoms with E-state index in [9.17, 15) is 10.2 Å². The summed E-state index contributed by atoms with van der Waals surface area (Å²) in [6, 6.07) is 17.7. The number of benzene rings is 2. The average molecular weight is 562 g/mol. The SMILES string of the molecule is COc1cccc(O)c1-c1ccc(-c2ccc(-c3c(O)cccc3OC)cn2)nc1.[Cl-].[Cl-].[Cl-].[Mn+3]. The largest absolute Gasteiger partial charge is 3.00 e. The van der Waals surface area contributed by atoms with Gasteiger partial charge in [-0.1, -0.05) is 24.3 Å². The van der Waals surface area contributed by atoms with E-state index in [0.717, 1.165) is 11.1 Å². The zero-order valence-corrected chi connectivity index (χ0v) is 21.5. The molecule has 0 aliphatic heterocycles. The molecule has 34 heavy (non-hydrogen) atoms. The van der Waals surface area contributed by atoms with Gasteiger partial charge in [-0.25, -0.2) is 0 Å². The second-order valence-electron chi connectivity index (χ2n) is 6.57. The summed E-state index contributed by atoms with van der Waals surface area (Å²) in [5.74, 6) is 1.40. The summed E-state index contributed by atoms with van der Waals surface area (Å²) in [6.07, 6.45) is 3.35. The van der Waals surface area contributed by atoms with E-state index in [0.29, 0.717) is 34.0 Å². The van der Waals surface area contributed by atoms with Crippen LogP contribution in [0, 0.1) is 0 Å². The van der Waals surface area contributed by atoms with E-state index >= 15 is 0 Å². The Balaban J connectivity index is 0.00000272. The minimum Gasteiger partial charge on any atom is -1.00 e. The van der Waals surface area contributed by atoms with Crippen LogP contribution in [-0.4, -0.2) is 34.4 Å². The quantitative estimate of drug-likeness (QED) is 0.241. The molecule has 2 heterocycles. The first kappa shape index (κ1) is 31.3. The van der Waals surface area contributed by atoms with E-state index in [1.807, 2.05) is 24.3 Å². The predicted molar refractivity (Wildman–Crippen MR) is 115 cm³/mol. The van der Waals surface area contributed by atoms with Crippen LogP contribution in [0.3, 0.4) is 0 Å². The van der Waals surface area contributed by atoms with E-state index < -0.39 is 0 Å². The van der Waals surface area contributed by atoms with E-state index in [4.69, 9.17) is 9.47 Å². The summed E-state index contributed by atoms with van der Waals surface area (Å²) < 4.78 is 10.7. The second-order valence-corrected chi connectivity index (χ2v) is 6.57. The van der Waals surface area contributed by atoms with Crippen molar-refractivity contribution in [2.45, 2.75) is 0 Å². The molecule has 0 fully saturated rings. The molecule has 6 nitrogen and oxygen atoms in total. The summed E-state index contributed by atoms with van der Waals surface area (Å²) in [5.41, 5.74) is 4.03. The number of pyridine rings is 2. The zero-order chi connectivity index (χ0) is 21.1. The second kappa shape index (κ2) is 13.9. The Morgan fingerprint density at radius 2 is 0.971 bits per heavy atom. The first-order valence-electron chi connectivity index (χ1n) is 9.27. The molecular weight excluding hydrogens is 542 g/mol. The van der Waals surface area contributed by atoms with Crippen LogP contribution in [0.1, 0.15) is 0 Å². The molecule has 0 spiro atoms. The summed E-state index contributed by atoms with van der Waals surface area (Å²) in [7, 11) is 3.12. The fourth-order valence-electron chi connectivity index (χ4n) is 3.35. The molecule has 0 radical (unpaired) electrons. The molecule has 0 saturated carbocycles. The van der Waals surface area contributed by atoms with Crippen molar-refractivity contribution in [2.24, 2.45) is 0 Å². The van der Waals surface area contributed by atoms with Crippen LogP contribution >= 0.6 is 0 Å². The summed E-state index contributed by atoms with van der Waals surface area (Å²) >= 11 is 0. The van der Waals surface area contributed by atoms with Crippen LogP contribution in [0.25, 0.3) is 33.6 Å². The monoisotopic (exact) mass is 560 g/mol. The van der Waals surface area contributed by atoms with Gasteiger partial charge >= 0.3 is 17.1 Å². The molecule has 0 bridgehead atoms. The molecule has 0 amide bonds. The Kier molecular flexibility index (Phi) is 12.8. The topological polar surface area (TPSA) is 84.7 Å². The number of methoxy groups -OCH3 is 2. The Hall–Kier alpha value is -2.67. The molecular formula is C24H20Cl3MnN2O4. The summed E-state index contributed by atoms with van der Waals surface area (Å²) in [6.45, 7) is 0. The predicted octanol–water partition coefficient (Wildman–Crippen LogP) is -4.08. The smallest absolute Gasteiger partial charge is 1.00 e. The minimum atomic E-state index is 0. The Morgan fingerprint density at radius 3 is 1.26 bits per heavy atom. The third kappa shape index (κ3) is 6.26. The van der Waals surface area contributed by atoms with Gasteiger partial charge in [-0.2, -0.15) is 0 Å². The van der Waals surface area contributed by atoms with Gasteiger partial charge in [0.25, 0.3) is 0 Å². The van der Waals surface area contributed by atoms with Gasteiger partial charge in [-0.15, -0.1) is 0 Å². The zero-order valence-electron chi connectivity index (χ0n) is 18.0. The third-order valence-corrected chi connectivity index (χ3v) is 4.82. The number of hydrogen-bond donors (Lipinski definition) is 2. The molecule has 2 N–H and O–H groups in total. The Morgan fingerprint density at radius 1 is 0.588 bits per heavy atom. The number of phenolic OH excluding ortho intramolecular Hbond substituents is 2. The molecule has 0 saturated heterocycles. The third-order valence-electron chi connectivity index (χ3n) is 4.82. The van der Waals surface area contributed by atoms with Crippen molar-refractivity contribution in [1.82, 2.24) is 9.97 Å². The minimum absolute atomic E-state index is 0. The normalized spacial score (nSPS) is 9.35.